The number of hydrogen-bond acceptors (Lipinski definition) is 1. The van der Waals surface area contributed by atoms with Crippen molar-refractivity contribution >= 4 is 6.29 Å². The molecule has 0 amide bonds. The summed E-state index contributed by atoms with van der Waals surface area (Å²) in [4.78, 5) is 8.68. The van der Waals surface area contributed by atoms with E-state index in [2.05, 4.69) is 0 Å². The summed E-state index contributed by atoms with van der Waals surface area (Å²) >= 11 is 0. The first-order chi connectivity index (χ1) is 1.41. The van der Waals surface area contributed by atoms with E-state index < -0.39 is 0 Å². The molecule has 0 heterocycles. The molecule has 0 aromatic heterocycles. The zero-order valence-corrected chi connectivity index (χ0v) is 4.00. The van der Waals surface area contributed by atoms with Gasteiger partial charge in [0.15, 0.2) is 0 Å². The SMILES string of the molecule is C[C-]=O.[Ru+]. The van der Waals surface area contributed by atoms with Gasteiger partial charge in [-0.05, 0) is 0 Å². The summed E-state index contributed by atoms with van der Waals surface area (Å²) in [6.07, 6.45) is 1.50. The quantitative estimate of drug-likeness (QED) is 0.348. The van der Waals surface area contributed by atoms with Crippen LogP contribution in [-0.4, -0.2) is 6.29 Å². The van der Waals surface area contributed by atoms with Crippen molar-refractivity contribution in [3.8, 4) is 0 Å². The van der Waals surface area contributed by atoms with Crippen molar-refractivity contribution in [3.63, 3.8) is 0 Å². The minimum atomic E-state index is 0. The molecule has 4 heavy (non-hydrogen) atoms. The minimum absolute atomic E-state index is 0. The molecule has 0 aromatic carbocycles. The second-order valence-electron chi connectivity index (χ2n) is 0.204. The Morgan fingerprint density at radius 1 is 1.75 bits per heavy atom. The third-order valence-electron chi connectivity index (χ3n) is 0. The van der Waals surface area contributed by atoms with Crippen LogP contribution in [0.5, 0.6) is 0 Å². The summed E-state index contributed by atoms with van der Waals surface area (Å²) in [5, 5.41) is 0. The van der Waals surface area contributed by atoms with Crippen molar-refractivity contribution < 1.29 is 24.3 Å². The number of hydrogen-bond donors (Lipinski definition) is 0. The monoisotopic (exact) mass is 145 g/mol. The molecule has 0 fully saturated rings. The van der Waals surface area contributed by atoms with Gasteiger partial charge < -0.3 is 4.79 Å². The molecule has 0 aromatic rings. The van der Waals surface area contributed by atoms with Gasteiger partial charge >= 0.3 is 19.5 Å². The van der Waals surface area contributed by atoms with E-state index in [0.29, 0.717) is 0 Å². The summed E-state index contributed by atoms with van der Waals surface area (Å²) in [5.41, 5.74) is 0. The predicted molar refractivity (Wildman–Crippen MR) is 11.4 cm³/mol. The average molecular weight is 144 g/mol. The maximum absolute atomic E-state index is 8.68. The Labute approximate surface area is 38.1 Å². The van der Waals surface area contributed by atoms with Crippen LogP contribution >= 0.6 is 0 Å². The van der Waals surface area contributed by atoms with Gasteiger partial charge in [-0.25, -0.2) is 0 Å². The molecule has 0 aliphatic carbocycles. The third kappa shape index (κ3) is 44.6. The van der Waals surface area contributed by atoms with Gasteiger partial charge in [-0.1, -0.05) is 0 Å². The van der Waals surface area contributed by atoms with E-state index in [4.69, 9.17) is 4.79 Å². The van der Waals surface area contributed by atoms with E-state index in [1.807, 2.05) is 0 Å². The number of carbonyl (C=O) groups excluding carboxylic acids is 1. The molecule has 0 bridgehead atoms. The zero-order valence-electron chi connectivity index (χ0n) is 2.26. The molecule has 0 rings (SSSR count). The van der Waals surface area contributed by atoms with Crippen molar-refractivity contribution in [2.45, 2.75) is 6.92 Å². The maximum Gasteiger partial charge on any atom is 1.00 e. The third-order valence-corrected chi connectivity index (χ3v) is 0. The molecule has 1 nitrogen and oxygen atoms in total. The Morgan fingerprint density at radius 2 is 1.75 bits per heavy atom. The molecule has 0 aliphatic rings. The molecule has 25 valence electrons. The fourth-order valence-corrected chi connectivity index (χ4v) is 0. The first kappa shape index (κ1) is 8.85. The molecule has 0 unspecified atom stereocenters. The van der Waals surface area contributed by atoms with Gasteiger partial charge in [-0.2, -0.15) is 6.92 Å². The largest absolute Gasteiger partial charge is 1.00 e. The molecule has 0 spiro atoms. The van der Waals surface area contributed by atoms with Crippen LogP contribution in [0.15, 0.2) is 0 Å². The smallest absolute Gasteiger partial charge is 0.542 e. The minimum Gasteiger partial charge on any atom is -0.542 e. The van der Waals surface area contributed by atoms with E-state index in [9.17, 15) is 0 Å². The van der Waals surface area contributed by atoms with Crippen LogP contribution in [-0.2, 0) is 24.3 Å². The maximum atomic E-state index is 8.68. The fourth-order valence-electron chi connectivity index (χ4n) is 0. The molecule has 0 saturated heterocycles. The van der Waals surface area contributed by atoms with E-state index in [1.165, 1.54) is 13.2 Å². The first-order valence-corrected chi connectivity index (χ1v) is 0.704. The van der Waals surface area contributed by atoms with Crippen LogP contribution in [0, 0.1) is 0 Å². The van der Waals surface area contributed by atoms with Gasteiger partial charge in [0.2, 0.25) is 0 Å². The molecule has 0 atom stereocenters. The average Bonchev–Trinajstić information content (AvgIpc) is 0.918. The summed E-state index contributed by atoms with van der Waals surface area (Å²) in [6.45, 7) is 1.32. The van der Waals surface area contributed by atoms with E-state index >= 15 is 0 Å². The normalized spacial score (nSPS) is 3.25. The van der Waals surface area contributed by atoms with Crippen LogP contribution in [0.1, 0.15) is 6.92 Å². The topological polar surface area (TPSA) is 17.1 Å². The first-order valence-electron chi connectivity index (χ1n) is 0.704. The fraction of sp³-hybridized carbons (Fsp3) is 0.500. The molecule has 0 aliphatic heterocycles. The Kier molecular flexibility index (Phi) is 22.9. The van der Waals surface area contributed by atoms with Gasteiger partial charge in [0.1, 0.15) is 0 Å². The summed E-state index contributed by atoms with van der Waals surface area (Å²) in [6, 6.07) is 0. The zero-order chi connectivity index (χ0) is 2.71. The molecule has 0 N–H and O–H groups in total. The van der Waals surface area contributed by atoms with Crippen molar-refractivity contribution in [2.24, 2.45) is 0 Å². The van der Waals surface area contributed by atoms with Gasteiger partial charge in [0.05, 0.1) is 0 Å². The van der Waals surface area contributed by atoms with E-state index in [0.717, 1.165) is 0 Å². The van der Waals surface area contributed by atoms with Crippen molar-refractivity contribution in [1.29, 1.82) is 0 Å². The van der Waals surface area contributed by atoms with Crippen molar-refractivity contribution in [1.82, 2.24) is 0 Å². The van der Waals surface area contributed by atoms with Crippen molar-refractivity contribution in [3.05, 3.63) is 0 Å². The van der Waals surface area contributed by atoms with E-state index in [1.54, 1.807) is 0 Å². The summed E-state index contributed by atoms with van der Waals surface area (Å²) in [7, 11) is 0. The molecule has 1 radical (unpaired) electrons. The van der Waals surface area contributed by atoms with Gasteiger partial charge in [-0.3, -0.25) is 6.29 Å². The van der Waals surface area contributed by atoms with Crippen LogP contribution in [0.25, 0.3) is 0 Å². The van der Waals surface area contributed by atoms with Crippen LogP contribution < -0.4 is 0 Å². The Morgan fingerprint density at radius 3 is 1.75 bits per heavy atom. The Balaban J connectivity index is 0. The van der Waals surface area contributed by atoms with Crippen LogP contribution in [0.4, 0.5) is 0 Å². The Hall–Kier alpha value is 0.293. The van der Waals surface area contributed by atoms with Crippen molar-refractivity contribution in [2.75, 3.05) is 0 Å². The van der Waals surface area contributed by atoms with Gasteiger partial charge in [0.25, 0.3) is 0 Å². The summed E-state index contributed by atoms with van der Waals surface area (Å²) in [5.74, 6) is 0. The standard InChI is InChI=1S/C2H3O.Ru/c1-2-3;/h1H3;/q-1;+1. The second-order valence-corrected chi connectivity index (χ2v) is 0.204. The van der Waals surface area contributed by atoms with Gasteiger partial charge in [-0.15, -0.1) is 0 Å². The number of rotatable bonds is 0. The molecule has 0 saturated carbocycles. The van der Waals surface area contributed by atoms with Crippen LogP contribution in [0.3, 0.4) is 0 Å². The van der Waals surface area contributed by atoms with E-state index in [-0.39, 0.29) is 19.5 Å². The second kappa shape index (κ2) is 10.4. The predicted octanol–water partition coefficient (Wildman–Crippen LogP) is 0.113. The Bertz CT molecular complexity index is 13.5. The summed E-state index contributed by atoms with van der Waals surface area (Å²) < 4.78 is 0. The van der Waals surface area contributed by atoms with Crippen LogP contribution in [0.2, 0.25) is 0 Å². The molecule has 2 heteroatoms. The molecular formula is C2H3ORu. The van der Waals surface area contributed by atoms with Gasteiger partial charge in [0, 0.05) is 0 Å². The molecular weight excluding hydrogens is 141 g/mol.